The molecule has 0 aliphatic carbocycles. The summed E-state index contributed by atoms with van der Waals surface area (Å²) in [5.41, 5.74) is 2.26. The third-order valence-corrected chi connectivity index (χ3v) is 5.60. The monoisotopic (exact) mass is 419 g/mol. The Morgan fingerprint density at radius 1 is 1.10 bits per heavy atom. The fraction of sp³-hybridized carbons (Fsp3) is 0.381. The Kier molecular flexibility index (Phi) is 6.54. The van der Waals surface area contributed by atoms with E-state index in [1.165, 1.54) is 6.07 Å². The summed E-state index contributed by atoms with van der Waals surface area (Å²) in [6, 6.07) is 11.8. The van der Waals surface area contributed by atoms with Crippen molar-refractivity contribution < 1.29 is 17.6 Å². The first kappa shape index (κ1) is 21.3. The molecule has 0 saturated carbocycles. The van der Waals surface area contributed by atoms with Crippen molar-refractivity contribution in [2.75, 3.05) is 37.2 Å². The van der Waals surface area contributed by atoms with Gasteiger partial charge in [-0.05, 0) is 37.1 Å². The van der Waals surface area contributed by atoms with Crippen molar-refractivity contribution in [3.05, 3.63) is 65.0 Å². The van der Waals surface area contributed by atoms with Gasteiger partial charge in [-0.2, -0.15) is 0 Å². The van der Waals surface area contributed by atoms with Crippen molar-refractivity contribution in [2.24, 2.45) is 0 Å². The Labute approximate surface area is 171 Å². The van der Waals surface area contributed by atoms with Crippen molar-refractivity contribution in [2.45, 2.75) is 19.9 Å². The van der Waals surface area contributed by atoms with E-state index < -0.39 is 10.0 Å². The average Bonchev–Trinajstić information content (AvgIpc) is 2.89. The highest BCUT2D eigenvalue weighted by atomic mass is 32.2. The molecule has 6 nitrogen and oxygen atoms in total. The lowest BCUT2D eigenvalue weighted by Crippen LogP contribution is -2.35. The van der Waals surface area contributed by atoms with Gasteiger partial charge in [-0.25, -0.2) is 12.8 Å². The zero-order valence-electron chi connectivity index (χ0n) is 16.7. The van der Waals surface area contributed by atoms with E-state index in [4.69, 9.17) is 0 Å². The van der Waals surface area contributed by atoms with E-state index in [1.807, 2.05) is 6.07 Å². The van der Waals surface area contributed by atoms with E-state index >= 15 is 0 Å². The van der Waals surface area contributed by atoms with Crippen LogP contribution in [-0.2, 0) is 16.6 Å². The lowest BCUT2D eigenvalue weighted by molar-refractivity contribution is 0.0761. The summed E-state index contributed by atoms with van der Waals surface area (Å²) < 4.78 is 39.5. The predicted octanol–water partition coefficient (Wildman–Crippen LogP) is 2.85. The fourth-order valence-electron chi connectivity index (χ4n) is 3.45. The number of halogens is 1. The maximum Gasteiger partial charge on any atom is 0.253 e. The molecule has 1 aliphatic rings. The minimum Gasteiger partial charge on any atom is -0.337 e. The van der Waals surface area contributed by atoms with Gasteiger partial charge in [-0.15, -0.1) is 0 Å². The summed E-state index contributed by atoms with van der Waals surface area (Å²) in [7, 11) is -3.43. The Bertz CT molecular complexity index is 994. The van der Waals surface area contributed by atoms with E-state index in [1.54, 1.807) is 42.2 Å². The van der Waals surface area contributed by atoms with Gasteiger partial charge in [0.15, 0.2) is 0 Å². The molecule has 8 heteroatoms. The van der Waals surface area contributed by atoms with Crippen molar-refractivity contribution in [1.29, 1.82) is 0 Å². The molecule has 3 rings (SSSR count). The highest BCUT2D eigenvalue weighted by Gasteiger charge is 2.21. The number of amides is 1. The van der Waals surface area contributed by atoms with Crippen LogP contribution in [0.2, 0.25) is 0 Å². The molecule has 0 unspecified atom stereocenters. The third kappa shape index (κ3) is 5.77. The minimum atomic E-state index is -3.43. The maximum atomic E-state index is 13.9. The number of carbonyl (C=O) groups excluding carboxylic acids is 1. The van der Waals surface area contributed by atoms with E-state index in [0.29, 0.717) is 43.0 Å². The second-order valence-corrected chi connectivity index (χ2v) is 9.17. The summed E-state index contributed by atoms with van der Waals surface area (Å²) in [4.78, 5) is 16.9. The molecule has 0 radical (unpaired) electrons. The van der Waals surface area contributed by atoms with Crippen molar-refractivity contribution >= 4 is 21.6 Å². The molecule has 0 bridgehead atoms. The van der Waals surface area contributed by atoms with Crippen LogP contribution in [0.4, 0.5) is 10.1 Å². The van der Waals surface area contributed by atoms with Gasteiger partial charge in [0.05, 0.1) is 11.9 Å². The number of nitrogens with one attached hydrogen (secondary N) is 1. The Hall–Kier alpha value is -2.45. The minimum absolute atomic E-state index is 0.130. The van der Waals surface area contributed by atoms with E-state index in [-0.39, 0.29) is 11.7 Å². The Morgan fingerprint density at radius 3 is 2.59 bits per heavy atom. The van der Waals surface area contributed by atoms with Crippen LogP contribution in [0.5, 0.6) is 0 Å². The van der Waals surface area contributed by atoms with E-state index in [9.17, 15) is 17.6 Å². The van der Waals surface area contributed by atoms with E-state index in [0.717, 1.165) is 24.8 Å². The molecule has 1 saturated heterocycles. The van der Waals surface area contributed by atoms with Gasteiger partial charge in [0.1, 0.15) is 5.82 Å². The third-order valence-electron chi connectivity index (χ3n) is 5.01. The zero-order chi connectivity index (χ0) is 21.0. The molecule has 156 valence electrons. The number of sulfonamides is 1. The van der Waals surface area contributed by atoms with Crippen LogP contribution in [0.3, 0.4) is 0 Å². The van der Waals surface area contributed by atoms with Gasteiger partial charge in [0.25, 0.3) is 5.91 Å². The van der Waals surface area contributed by atoms with Crippen LogP contribution in [-0.4, -0.2) is 56.6 Å². The molecule has 0 atom stereocenters. The number of hydrogen-bond acceptors (Lipinski definition) is 4. The number of anilines is 1. The van der Waals surface area contributed by atoms with Gasteiger partial charge in [-0.1, -0.05) is 24.3 Å². The van der Waals surface area contributed by atoms with Crippen molar-refractivity contribution in [3.8, 4) is 0 Å². The Balaban J connectivity index is 1.68. The lowest BCUT2D eigenvalue weighted by atomic mass is 10.1. The zero-order valence-corrected chi connectivity index (χ0v) is 17.5. The molecule has 1 fully saturated rings. The summed E-state index contributed by atoms with van der Waals surface area (Å²) in [5.74, 6) is -0.343. The first-order chi connectivity index (χ1) is 13.7. The highest BCUT2D eigenvalue weighted by Crippen LogP contribution is 2.20. The van der Waals surface area contributed by atoms with Crippen LogP contribution in [0.25, 0.3) is 0 Å². The molecule has 2 aromatic carbocycles. The summed E-state index contributed by atoms with van der Waals surface area (Å²) in [6.07, 6.45) is 1.88. The van der Waals surface area contributed by atoms with Crippen molar-refractivity contribution in [3.63, 3.8) is 0 Å². The SMILES string of the molecule is Cc1ccc(C(=O)N2CCCN(Cc3ccccc3F)CC2)cc1NS(C)(=O)=O. The Morgan fingerprint density at radius 2 is 1.86 bits per heavy atom. The number of benzene rings is 2. The molecular weight excluding hydrogens is 393 g/mol. The second kappa shape index (κ2) is 8.92. The number of carbonyl (C=O) groups is 1. The van der Waals surface area contributed by atoms with Gasteiger partial charge in [-0.3, -0.25) is 14.4 Å². The summed E-state index contributed by atoms with van der Waals surface area (Å²) in [6.45, 7) is 4.88. The molecule has 1 amide bonds. The molecule has 0 spiro atoms. The molecule has 0 aromatic heterocycles. The maximum absolute atomic E-state index is 13.9. The number of hydrogen-bond donors (Lipinski definition) is 1. The molecule has 2 aromatic rings. The van der Waals surface area contributed by atoms with Crippen LogP contribution in [0.15, 0.2) is 42.5 Å². The van der Waals surface area contributed by atoms with Crippen LogP contribution in [0.1, 0.15) is 27.9 Å². The van der Waals surface area contributed by atoms with Gasteiger partial charge in [0.2, 0.25) is 10.0 Å². The number of rotatable bonds is 5. The fourth-order valence-corrected chi connectivity index (χ4v) is 4.07. The second-order valence-electron chi connectivity index (χ2n) is 7.42. The lowest BCUT2D eigenvalue weighted by Gasteiger charge is -2.22. The van der Waals surface area contributed by atoms with Crippen LogP contribution < -0.4 is 4.72 Å². The molecule has 1 heterocycles. The quantitative estimate of drug-likeness (QED) is 0.809. The van der Waals surface area contributed by atoms with E-state index in [2.05, 4.69) is 9.62 Å². The summed E-state index contributed by atoms with van der Waals surface area (Å²) in [5, 5.41) is 0. The standard InChI is InChI=1S/C21H26FN3O3S/c1-16-8-9-17(14-20(16)23-29(2,27)28)21(26)25-11-5-10-24(12-13-25)15-18-6-3-4-7-19(18)22/h3-4,6-9,14,23H,5,10-13,15H2,1-2H3. The smallest absolute Gasteiger partial charge is 0.253 e. The first-order valence-electron chi connectivity index (χ1n) is 9.56. The predicted molar refractivity (Wildman–Crippen MR) is 112 cm³/mol. The largest absolute Gasteiger partial charge is 0.337 e. The van der Waals surface area contributed by atoms with Crippen LogP contribution >= 0.6 is 0 Å². The van der Waals surface area contributed by atoms with Crippen molar-refractivity contribution in [1.82, 2.24) is 9.80 Å². The first-order valence-corrected chi connectivity index (χ1v) is 11.5. The average molecular weight is 420 g/mol. The molecular formula is C21H26FN3O3S. The molecule has 1 N–H and O–H groups in total. The number of aryl methyl sites for hydroxylation is 1. The van der Waals surface area contributed by atoms with Gasteiger partial charge >= 0.3 is 0 Å². The highest BCUT2D eigenvalue weighted by molar-refractivity contribution is 7.92. The summed E-state index contributed by atoms with van der Waals surface area (Å²) >= 11 is 0. The number of nitrogens with zero attached hydrogens (tertiary/aromatic N) is 2. The van der Waals surface area contributed by atoms with Gasteiger partial charge in [0, 0.05) is 43.9 Å². The molecule has 1 aliphatic heterocycles. The topological polar surface area (TPSA) is 69.7 Å². The normalized spacial score (nSPS) is 15.8. The molecule has 29 heavy (non-hydrogen) atoms. The van der Waals surface area contributed by atoms with Crippen LogP contribution in [0, 0.1) is 12.7 Å². The van der Waals surface area contributed by atoms with Gasteiger partial charge < -0.3 is 4.90 Å².